The number of rotatable bonds is 6. The number of ether oxygens (including phenoxy) is 1. The van der Waals surface area contributed by atoms with Gasteiger partial charge in [-0.3, -0.25) is 0 Å². The molecule has 0 aliphatic heterocycles. The molecule has 3 heteroatoms. The molecule has 0 bridgehead atoms. The van der Waals surface area contributed by atoms with Gasteiger partial charge in [-0.15, -0.1) is 0 Å². The first-order valence-electron chi connectivity index (χ1n) is 4.40. The van der Waals surface area contributed by atoms with Gasteiger partial charge in [-0.25, -0.2) is 0 Å². The lowest BCUT2D eigenvalue weighted by atomic mass is 10.3. The van der Waals surface area contributed by atoms with Gasteiger partial charge < -0.3 is 9.15 Å². The summed E-state index contributed by atoms with van der Waals surface area (Å²) in [6, 6.07) is 5.82. The lowest BCUT2D eigenvalue weighted by molar-refractivity contribution is 0.103. The SMILES string of the molecule is N#CCCCCOCc1ccco1. The van der Waals surface area contributed by atoms with Crippen LogP contribution in [0.5, 0.6) is 0 Å². The summed E-state index contributed by atoms with van der Waals surface area (Å²) in [5.74, 6) is 0.847. The molecular weight excluding hydrogens is 166 g/mol. The first kappa shape index (κ1) is 9.82. The average molecular weight is 179 g/mol. The van der Waals surface area contributed by atoms with E-state index >= 15 is 0 Å². The smallest absolute Gasteiger partial charge is 0.129 e. The van der Waals surface area contributed by atoms with Gasteiger partial charge in [0.2, 0.25) is 0 Å². The molecule has 0 saturated carbocycles. The first-order valence-corrected chi connectivity index (χ1v) is 4.40. The van der Waals surface area contributed by atoms with E-state index in [2.05, 4.69) is 6.07 Å². The first-order chi connectivity index (χ1) is 6.43. The molecule has 1 rings (SSSR count). The number of nitriles is 1. The molecule has 0 saturated heterocycles. The van der Waals surface area contributed by atoms with Crippen molar-refractivity contribution in [3.8, 4) is 6.07 Å². The van der Waals surface area contributed by atoms with E-state index in [0.29, 0.717) is 19.6 Å². The Morgan fingerprint density at radius 3 is 3.08 bits per heavy atom. The topological polar surface area (TPSA) is 46.2 Å². The van der Waals surface area contributed by atoms with E-state index in [4.69, 9.17) is 14.4 Å². The average Bonchev–Trinajstić information content (AvgIpc) is 2.63. The van der Waals surface area contributed by atoms with E-state index in [1.807, 2.05) is 12.1 Å². The summed E-state index contributed by atoms with van der Waals surface area (Å²) in [4.78, 5) is 0. The number of unbranched alkanes of at least 4 members (excludes halogenated alkanes) is 2. The van der Waals surface area contributed by atoms with Crippen molar-refractivity contribution in [2.24, 2.45) is 0 Å². The molecule has 0 aliphatic carbocycles. The Bertz CT molecular complexity index is 248. The molecule has 0 radical (unpaired) electrons. The maximum Gasteiger partial charge on any atom is 0.129 e. The predicted molar refractivity (Wildman–Crippen MR) is 47.8 cm³/mol. The summed E-state index contributed by atoms with van der Waals surface area (Å²) >= 11 is 0. The zero-order chi connectivity index (χ0) is 9.36. The van der Waals surface area contributed by atoms with Crippen LogP contribution < -0.4 is 0 Å². The second-order valence-corrected chi connectivity index (χ2v) is 2.75. The van der Waals surface area contributed by atoms with E-state index in [9.17, 15) is 0 Å². The zero-order valence-electron chi connectivity index (χ0n) is 7.53. The van der Waals surface area contributed by atoms with Crippen LogP contribution in [0.2, 0.25) is 0 Å². The van der Waals surface area contributed by atoms with E-state index in [0.717, 1.165) is 18.6 Å². The largest absolute Gasteiger partial charge is 0.467 e. The van der Waals surface area contributed by atoms with Crippen molar-refractivity contribution in [3.63, 3.8) is 0 Å². The molecule has 1 aromatic rings. The minimum Gasteiger partial charge on any atom is -0.467 e. The fourth-order valence-electron chi connectivity index (χ4n) is 0.976. The normalized spacial score (nSPS) is 9.77. The Morgan fingerprint density at radius 2 is 2.38 bits per heavy atom. The number of hydrogen-bond acceptors (Lipinski definition) is 3. The van der Waals surface area contributed by atoms with Gasteiger partial charge in [-0.2, -0.15) is 5.26 Å². The fourth-order valence-corrected chi connectivity index (χ4v) is 0.976. The van der Waals surface area contributed by atoms with Crippen LogP contribution in [0.15, 0.2) is 22.8 Å². The molecule has 1 heterocycles. The van der Waals surface area contributed by atoms with Crippen LogP contribution in [0.3, 0.4) is 0 Å². The van der Waals surface area contributed by atoms with Crippen LogP contribution in [0.4, 0.5) is 0 Å². The van der Waals surface area contributed by atoms with Crippen LogP contribution in [0.1, 0.15) is 25.0 Å². The highest BCUT2D eigenvalue weighted by Gasteiger charge is 1.94. The summed E-state index contributed by atoms with van der Waals surface area (Å²) in [5, 5.41) is 8.27. The Balaban J connectivity index is 1.94. The summed E-state index contributed by atoms with van der Waals surface area (Å²) in [7, 11) is 0. The standard InChI is InChI=1S/C10H13NO2/c11-6-2-1-3-7-12-9-10-5-4-8-13-10/h4-5,8H,1-3,7,9H2. The van der Waals surface area contributed by atoms with Crippen molar-refractivity contribution in [1.82, 2.24) is 0 Å². The van der Waals surface area contributed by atoms with E-state index in [-0.39, 0.29) is 0 Å². The third kappa shape index (κ3) is 4.34. The van der Waals surface area contributed by atoms with Crippen molar-refractivity contribution < 1.29 is 9.15 Å². The lowest BCUT2D eigenvalue weighted by Gasteiger charge is -1.99. The molecule has 0 aliphatic rings. The summed E-state index contributed by atoms with van der Waals surface area (Å²) < 4.78 is 10.4. The van der Waals surface area contributed by atoms with Crippen LogP contribution >= 0.6 is 0 Å². The Morgan fingerprint density at radius 1 is 1.46 bits per heavy atom. The zero-order valence-corrected chi connectivity index (χ0v) is 7.53. The third-order valence-electron chi connectivity index (χ3n) is 1.65. The maximum absolute atomic E-state index is 8.27. The van der Waals surface area contributed by atoms with Crippen molar-refractivity contribution in [1.29, 1.82) is 5.26 Å². The van der Waals surface area contributed by atoms with Crippen LogP contribution in [0, 0.1) is 11.3 Å². The molecule has 3 nitrogen and oxygen atoms in total. The quantitative estimate of drug-likeness (QED) is 0.630. The number of furan rings is 1. The fraction of sp³-hybridized carbons (Fsp3) is 0.500. The minimum atomic E-state index is 0.527. The monoisotopic (exact) mass is 179 g/mol. The van der Waals surface area contributed by atoms with E-state index in [1.54, 1.807) is 6.26 Å². The van der Waals surface area contributed by atoms with Gasteiger partial charge in [0.1, 0.15) is 12.4 Å². The van der Waals surface area contributed by atoms with E-state index in [1.165, 1.54) is 0 Å². The molecule has 0 amide bonds. The highest BCUT2D eigenvalue weighted by Crippen LogP contribution is 2.02. The van der Waals surface area contributed by atoms with Crippen molar-refractivity contribution in [2.45, 2.75) is 25.9 Å². The van der Waals surface area contributed by atoms with Crippen molar-refractivity contribution in [2.75, 3.05) is 6.61 Å². The van der Waals surface area contributed by atoms with Gasteiger partial charge in [-0.1, -0.05) is 0 Å². The summed E-state index contributed by atoms with van der Waals surface area (Å²) in [6.07, 6.45) is 4.10. The minimum absolute atomic E-state index is 0.527. The Hall–Kier alpha value is -1.27. The van der Waals surface area contributed by atoms with Crippen molar-refractivity contribution >= 4 is 0 Å². The highest BCUT2D eigenvalue weighted by molar-refractivity contribution is 4.95. The molecule has 0 unspecified atom stereocenters. The molecule has 13 heavy (non-hydrogen) atoms. The molecule has 0 aromatic carbocycles. The molecule has 70 valence electrons. The second kappa shape index (κ2) is 6.27. The molecule has 0 fully saturated rings. The summed E-state index contributed by atoms with van der Waals surface area (Å²) in [6.45, 7) is 1.22. The molecule has 0 atom stereocenters. The lowest BCUT2D eigenvalue weighted by Crippen LogP contribution is -1.93. The van der Waals surface area contributed by atoms with E-state index < -0.39 is 0 Å². The second-order valence-electron chi connectivity index (χ2n) is 2.75. The van der Waals surface area contributed by atoms with Gasteiger partial charge >= 0.3 is 0 Å². The molecule has 1 aromatic heterocycles. The Kier molecular flexibility index (Phi) is 4.73. The van der Waals surface area contributed by atoms with Gasteiger partial charge in [0.25, 0.3) is 0 Å². The molecular formula is C10H13NO2. The highest BCUT2D eigenvalue weighted by atomic mass is 16.5. The van der Waals surface area contributed by atoms with Gasteiger partial charge in [0.15, 0.2) is 0 Å². The van der Waals surface area contributed by atoms with Crippen LogP contribution in [-0.4, -0.2) is 6.61 Å². The Labute approximate surface area is 77.9 Å². The predicted octanol–water partition coefficient (Wildman–Crippen LogP) is 2.49. The maximum atomic E-state index is 8.27. The van der Waals surface area contributed by atoms with Gasteiger partial charge in [-0.05, 0) is 25.0 Å². The van der Waals surface area contributed by atoms with Gasteiger partial charge in [0.05, 0.1) is 12.3 Å². The molecule has 0 spiro atoms. The van der Waals surface area contributed by atoms with Gasteiger partial charge in [0, 0.05) is 13.0 Å². The van der Waals surface area contributed by atoms with Crippen LogP contribution in [-0.2, 0) is 11.3 Å². The van der Waals surface area contributed by atoms with Crippen molar-refractivity contribution in [3.05, 3.63) is 24.2 Å². The number of nitrogens with zero attached hydrogens (tertiary/aromatic N) is 1. The number of hydrogen-bond donors (Lipinski definition) is 0. The molecule has 0 N–H and O–H groups in total. The summed E-state index contributed by atoms with van der Waals surface area (Å²) in [5.41, 5.74) is 0. The van der Waals surface area contributed by atoms with Crippen LogP contribution in [0.25, 0.3) is 0 Å². The third-order valence-corrected chi connectivity index (χ3v) is 1.65.